The van der Waals surface area contributed by atoms with Gasteiger partial charge in [-0.15, -0.1) is 0 Å². The summed E-state index contributed by atoms with van der Waals surface area (Å²) < 4.78 is 45.3. The molecular formula is C31H36BNO8S. The Morgan fingerprint density at radius 2 is 1.50 bits per heavy atom. The van der Waals surface area contributed by atoms with Gasteiger partial charge in [-0.2, -0.15) is 0 Å². The van der Waals surface area contributed by atoms with Gasteiger partial charge in [0.25, 0.3) is 0 Å². The summed E-state index contributed by atoms with van der Waals surface area (Å²) in [6.07, 6.45) is 1.67. The first kappa shape index (κ1) is 31.1. The Kier molecular flexibility index (Phi) is 9.95. The first-order chi connectivity index (χ1) is 19.9. The van der Waals surface area contributed by atoms with Gasteiger partial charge in [0.05, 0.1) is 25.4 Å². The highest BCUT2D eigenvalue weighted by molar-refractivity contribution is 7.90. The lowest BCUT2D eigenvalue weighted by Crippen LogP contribution is -2.47. The van der Waals surface area contributed by atoms with E-state index in [1.807, 2.05) is 38.1 Å². The summed E-state index contributed by atoms with van der Waals surface area (Å²) in [4.78, 5) is 25.7. The minimum absolute atomic E-state index is 0.00941. The summed E-state index contributed by atoms with van der Waals surface area (Å²) in [7, 11) is -2.45. The van der Waals surface area contributed by atoms with Crippen LogP contribution in [-0.4, -0.2) is 71.1 Å². The first-order valence-electron chi connectivity index (χ1n) is 13.7. The fourth-order valence-corrected chi connectivity index (χ4v) is 5.55. The number of sulfone groups is 1. The van der Waals surface area contributed by atoms with Crippen LogP contribution in [-0.2, 0) is 35.3 Å². The maximum atomic E-state index is 12.1. The van der Waals surface area contributed by atoms with Crippen molar-refractivity contribution in [1.29, 1.82) is 0 Å². The van der Waals surface area contributed by atoms with E-state index in [9.17, 15) is 18.0 Å². The molecule has 0 radical (unpaired) electrons. The summed E-state index contributed by atoms with van der Waals surface area (Å²) in [5, 5.41) is 0. The lowest BCUT2D eigenvalue weighted by Gasteiger charge is -2.22. The van der Waals surface area contributed by atoms with Crippen molar-refractivity contribution in [3.8, 4) is 22.6 Å². The number of hydrogen-bond donors (Lipinski definition) is 0. The van der Waals surface area contributed by atoms with Gasteiger partial charge in [-0.3, -0.25) is 14.5 Å². The highest BCUT2D eigenvalue weighted by atomic mass is 32.2. The van der Waals surface area contributed by atoms with Gasteiger partial charge in [-0.25, -0.2) is 8.42 Å². The second-order valence-corrected chi connectivity index (χ2v) is 13.0. The molecule has 1 aliphatic rings. The first-order valence-corrected chi connectivity index (χ1v) is 15.8. The zero-order valence-electron chi connectivity index (χ0n) is 24.6. The van der Waals surface area contributed by atoms with Crippen molar-refractivity contribution in [2.24, 2.45) is 0 Å². The van der Waals surface area contributed by atoms with Crippen LogP contribution in [0.15, 0.2) is 54.6 Å². The predicted octanol–water partition coefficient (Wildman–Crippen LogP) is 3.40. The van der Waals surface area contributed by atoms with Gasteiger partial charge in [0.2, 0.25) is 0 Å². The van der Waals surface area contributed by atoms with Crippen LogP contribution in [0, 0.1) is 20.8 Å². The molecule has 0 saturated carbocycles. The number of likely N-dealkylation sites (N-methyl/N-ethyl adjacent to an activating group) is 1. The number of aryl methyl sites for hydroxylation is 2. The van der Waals surface area contributed by atoms with Gasteiger partial charge in [-0.1, -0.05) is 30.3 Å². The molecule has 0 bridgehead atoms. The number of rotatable bonds is 10. The van der Waals surface area contributed by atoms with Crippen LogP contribution in [0.5, 0.6) is 11.5 Å². The van der Waals surface area contributed by atoms with Crippen molar-refractivity contribution in [2.75, 3.05) is 38.8 Å². The minimum Gasteiger partial charge on any atom is -0.494 e. The molecule has 0 amide bonds. The second-order valence-electron chi connectivity index (χ2n) is 10.7. The molecule has 9 nitrogen and oxygen atoms in total. The average Bonchev–Trinajstić information content (AvgIpc) is 2.89. The van der Waals surface area contributed by atoms with Crippen molar-refractivity contribution in [3.63, 3.8) is 0 Å². The van der Waals surface area contributed by atoms with Gasteiger partial charge in [0, 0.05) is 11.7 Å². The van der Waals surface area contributed by atoms with Gasteiger partial charge < -0.3 is 18.8 Å². The Morgan fingerprint density at radius 3 is 2.10 bits per heavy atom. The van der Waals surface area contributed by atoms with Crippen LogP contribution >= 0.6 is 0 Å². The molecular weight excluding hydrogens is 557 g/mol. The number of nitrogens with zero attached hydrogens (tertiary/aromatic N) is 1. The Balaban J connectivity index is 1.43. The maximum Gasteiger partial charge on any atom is 0.636 e. The van der Waals surface area contributed by atoms with Crippen LogP contribution in [0.4, 0.5) is 0 Å². The topological polar surface area (TPSA) is 108 Å². The summed E-state index contributed by atoms with van der Waals surface area (Å²) in [6, 6.07) is 17.0. The molecule has 11 heteroatoms. The molecule has 3 aromatic carbocycles. The third-order valence-electron chi connectivity index (χ3n) is 6.97. The third kappa shape index (κ3) is 8.36. The molecule has 1 saturated heterocycles. The molecule has 42 heavy (non-hydrogen) atoms. The molecule has 1 aliphatic heterocycles. The predicted molar refractivity (Wildman–Crippen MR) is 162 cm³/mol. The van der Waals surface area contributed by atoms with E-state index in [0.29, 0.717) is 30.8 Å². The molecule has 4 rings (SSSR count). The van der Waals surface area contributed by atoms with E-state index in [-0.39, 0.29) is 18.8 Å². The van der Waals surface area contributed by atoms with Crippen LogP contribution in [0.3, 0.4) is 0 Å². The van der Waals surface area contributed by atoms with Crippen molar-refractivity contribution in [3.05, 3.63) is 76.9 Å². The van der Waals surface area contributed by atoms with Gasteiger partial charge in [0.1, 0.15) is 27.9 Å². The molecule has 0 atom stereocenters. The fraction of sp³-hybridized carbons (Fsp3) is 0.355. The van der Waals surface area contributed by atoms with Gasteiger partial charge in [0.15, 0.2) is 0 Å². The zero-order valence-corrected chi connectivity index (χ0v) is 25.5. The van der Waals surface area contributed by atoms with Crippen molar-refractivity contribution in [1.82, 2.24) is 4.90 Å². The molecule has 0 unspecified atom stereocenters. The molecule has 3 aromatic rings. The number of hydrogen-bond acceptors (Lipinski definition) is 9. The maximum absolute atomic E-state index is 12.1. The van der Waals surface area contributed by atoms with Gasteiger partial charge >= 0.3 is 19.1 Å². The SMILES string of the molecule is Cc1cc(OCCCS(C)(=O)=O)cc(C)c1-c1cccc(COc2ccc(B3OC(=O)CN(C)CC(=O)O3)cc2)c1C. The summed E-state index contributed by atoms with van der Waals surface area (Å²) >= 11 is 0. The van der Waals surface area contributed by atoms with Gasteiger partial charge in [-0.05, 0) is 91.9 Å². The highest BCUT2D eigenvalue weighted by Crippen LogP contribution is 2.34. The van der Waals surface area contributed by atoms with Crippen LogP contribution in [0.1, 0.15) is 28.7 Å². The number of benzene rings is 3. The molecule has 1 fully saturated rings. The Morgan fingerprint density at radius 1 is 0.881 bits per heavy atom. The Labute approximate surface area is 247 Å². The van der Waals surface area contributed by atoms with Crippen LogP contribution in [0.25, 0.3) is 11.1 Å². The summed E-state index contributed by atoms with van der Waals surface area (Å²) in [5.74, 6) is 0.506. The largest absolute Gasteiger partial charge is 0.636 e. The van der Waals surface area contributed by atoms with E-state index in [4.69, 9.17) is 18.8 Å². The highest BCUT2D eigenvalue weighted by Gasteiger charge is 2.33. The zero-order chi connectivity index (χ0) is 30.4. The van der Waals surface area contributed by atoms with Crippen LogP contribution < -0.4 is 14.9 Å². The summed E-state index contributed by atoms with van der Waals surface area (Å²) in [6.45, 7) is 6.85. The van der Waals surface area contributed by atoms with E-state index >= 15 is 0 Å². The normalized spacial score (nSPS) is 14.5. The smallest absolute Gasteiger partial charge is 0.494 e. The Hall–Kier alpha value is -3.83. The van der Waals surface area contributed by atoms with Crippen LogP contribution in [0.2, 0.25) is 0 Å². The third-order valence-corrected chi connectivity index (χ3v) is 8.00. The summed E-state index contributed by atoms with van der Waals surface area (Å²) in [5.41, 5.74) is 7.02. The van der Waals surface area contributed by atoms with Crippen molar-refractivity contribution in [2.45, 2.75) is 33.8 Å². The quantitative estimate of drug-likeness (QED) is 0.258. The van der Waals surface area contributed by atoms with E-state index in [0.717, 1.165) is 39.1 Å². The molecule has 0 N–H and O–H groups in total. The monoisotopic (exact) mass is 593 g/mol. The molecule has 0 aliphatic carbocycles. The molecule has 222 valence electrons. The molecule has 0 spiro atoms. The lowest BCUT2D eigenvalue weighted by molar-refractivity contribution is -0.145. The average molecular weight is 594 g/mol. The van der Waals surface area contributed by atoms with E-state index < -0.39 is 28.9 Å². The number of ether oxygens (including phenoxy) is 2. The van der Waals surface area contributed by atoms with E-state index in [2.05, 4.69) is 13.0 Å². The number of carbonyl (C=O) groups is 2. The van der Waals surface area contributed by atoms with Crippen molar-refractivity contribution >= 4 is 34.4 Å². The standard InChI is InChI=1S/C31H36BNO8S/c1-21-16-27(38-14-7-15-42(5,36)37)17-22(2)31(21)28-9-6-8-24(23(28)3)20-39-26-12-10-25(11-13-26)32-40-29(34)18-33(4)19-30(35)41-32/h6,8-13,16-17H,7,14-15,18-20H2,1-5H3. The lowest BCUT2D eigenvalue weighted by atomic mass is 9.78. The second kappa shape index (κ2) is 13.4. The molecule has 1 heterocycles. The minimum atomic E-state index is -3.01. The Bertz CT molecular complexity index is 1510. The fourth-order valence-electron chi connectivity index (χ4n) is 4.91. The molecule has 0 aromatic heterocycles. The van der Waals surface area contributed by atoms with Crippen molar-refractivity contribution < 1.29 is 36.8 Å². The van der Waals surface area contributed by atoms with E-state index in [1.165, 1.54) is 11.2 Å². The number of carbonyl (C=O) groups excluding carboxylic acids is 2. The van der Waals surface area contributed by atoms with E-state index in [1.54, 1.807) is 31.3 Å².